The van der Waals surface area contributed by atoms with Crippen LogP contribution in [0.25, 0.3) is 0 Å². The topological polar surface area (TPSA) is 134 Å². The van der Waals surface area contributed by atoms with Gasteiger partial charge in [-0.3, -0.25) is 18.6 Å². The molecule has 0 aliphatic carbocycles. The van der Waals surface area contributed by atoms with Gasteiger partial charge in [-0.25, -0.2) is 4.57 Å². The molecule has 9 nitrogen and oxygen atoms in total. The van der Waals surface area contributed by atoms with Crippen LogP contribution < -0.4 is 5.73 Å². The second-order valence-corrected chi connectivity index (χ2v) is 16.0. The zero-order chi connectivity index (χ0) is 39.6. The van der Waals surface area contributed by atoms with E-state index in [4.69, 9.17) is 24.3 Å². The Bertz CT molecular complexity index is 986. The van der Waals surface area contributed by atoms with Crippen LogP contribution in [0.5, 0.6) is 0 Å². The number of hydrogen-bond acceptors (Lipinski definition) is 8. The molecule has 10 heteroatoms. The van der Waals surface area contributed by atoms with Crippen molar-refractivity contribution in [3.05, 3.63) is 36.5 Å². The summed E-state index contributed by atoms with van der Waals surface area (Å²) in [5.41, 5.74) is 5.35. The average molecular weight is 784 g/mol. The van der Waals surface area contributed by atoms with Crippen LogP contribution in [0.15, 0.2) is 36.5 Å². The quantitative estimate of drug-likeness (QED) is 0.0269. The maximum atomic E-state index is 12.6. The summed E-state index contributed by atoms with van der Waals surface area (Å²) in [7, 11) is -4.38. The molecule has 0 spiro atoms. The monoisotopic (exact) mass is 784 g/mol. The smallest absolute Gasteiger partial charge is 0.462 e. The van der Waals surface area contributed by atoms with Crippen molar-refractivity contribution in [3.63, 3.8) is 0 Å². The number of esters is 2. The molecule has 0 amide bonds. The van der Waals surface area contributed by atoms with E-state index in [1.807, 2.05) is 0 Å². The van der Waals surface area contributed by atoms with Gasteiger partial charge in [-0.1, -0.05) is 153 Å². The summed E-state index contributed by atoms with van der Waals surface area (Å²) in [6.45, 7) is 3.69. The predicted octanol–water partition coefficient (Wildman–Crippen LogP) is 12.6. The first-order chi connectivity index (χ1) is 26.3. The van der Waals surface area contributed by atoms with Crippen LogP contribution in [0.3, 0.4) is 0 Å². The first kappa shape index (κ1) is 52.2. The van der Waals surface area contributed by atoms with E-state index in [1.165, 1.54) is 109 Å². The maximum Gasteiger partial charge on any atom is 0.472 e. The Morgan fingerprint density at radius 3 is 1.46 bits per heavy atom. The van der Waals surface area contributed by atoms with Gasteiger partial charge < -0.3 is 20.1 Å². The number of phosphoric acid groups is 1. The molecule has 3 N–H and O–H groups in total. The van der Waals surface area contributed by atoms with Crippen LogP contribution in [-0.2, 0) is 32.7 Å². The van der Waals surface area contributed by atoms with Gasteiger partial charge in [0.1, 0.15) is 6.61 Å². The number of hydrogen-bond donors (Lipinski definition) is 2. The maximum absolute atomic E-state index is 12.6. The number of ether oxygens (including phenoxy) is 2. The summed E-state index contributed by atoms with van der Waals surface area (Å²) in [6, 6.07) is 0. The fourth-order valence-electron chi connectivity index (χ4n) is 5.95. The fourth-order valence-corrected chi connectivity index (χ4v) is 6.72. The van der Waals surface area contributed by atoms with Gasteiger partial charge in [-0.15, -0.1) is 0 Å². The first-order valence-corrected chi connectivity index (χ1v) is 23.5. The van der Waals surface area contributed by atoms with Gasteiger partial charge in [0.15, 0.2) is 6.10 Å². The van der Waals surface area contributed by atoms with Crippen molar-refractivity contribution in [2.75, 3.05) is 26.4 Å². The van der Waals surface area contributed by atoms with Crippen LogP contribution >= 0.6 is 7.82 Å². The fraction of sp³-hybridized carbons (Fsp3) is 0.818. The number of carbonyl (C=O) groups is 2. The number of carbonyl (C=O) groups excluding carboxylic acids is 2. The van der Waals surface area contributed by atoms with Crippen molar-refractivity contribution in [3.8, 4) is 0 Å². The Balaban J connectivity index is 4.13. The van der Waals surface area contributed by atoms with Crippen LogP contribution in [0, 0.1) is 0 Å². The summed E-state index contributed by atoms with van der Waals surface area (Å²) in [6.07, 6.45) is 44.5. The normalized spacial score (nSPS) is 13.6. The molecular formula is C44H82NO8P. The largest absolute Gasteiger partial charge is 0.472 e. The Kier molecular flexibility index (Phi) is 39.5. The minimum Gasteiger partial charge on any atom is -0.462 e. The van der Waals surface area contributed by atoms with E-state index >= 15 is 0 Å². The molecule has 2 atom stereocenters. The third-order valence-corrected chi connectivity index (χ3v) is 10.2. The highest BCUT2D eigenvalue weighted by Gasteiger charge is 2.26. The Labute approximate surface area is 331 Å². The molecule has 0 saturated heterocycles. The molecule has 0 saturated carbocycles. The van der Waals surface area contributed by atoms with Gasteiger partial charge in [-0.05, 0) is 70.6 Å². The van der Waals surface area contributed by atoms with Gasteiger partial charge in [0, 0.05) is 19.4 Å². The van der Waals surface area contributed by atoms with Gasteiger partial charge in [0.25, 0.3) is 0 Å². The molecule has 0 aromatic heterocycles. The van der Waals surface area contributed by atoms with E-state index in [0.717, 1.165) is 57.8 Å². The van der Waals surface area contributed by atoms with Crippen molar-refractivity contribution < 1.29 is 37.6 Å². The molecule has 0 aliphatic heterocycles. The number of nitrogens with two attached hydrogens (primary N) is 1. The number of allylic oxidation sites excluding steroid dienone is 6. The number of rotatable bonds is 41. The first-order valence-electron chi connectivity index (χ1n) is 22.0. The molecule has 0 aliphatic rings. The Morgan fingerprint density at radius 2 is 0.963 bits per heavy atom. The number of unbranched alkanes of at least 4 members (excludes halogenated alkanes) is 22. The SMILES string of the molecule is CCCCC/C=C\C/C=C\CCCCCCCCCCCC(=O)OC[C@H](COP(=O)(O)OCCN)OC(=O)CCCCCCC/C=C\CCCCCCC. The summed E-state index contributed by atoms with van der Waals surface area (Å²) in [4.78, 5) is 34.9. The average Bonchev–Trinajstić information content (AvgIpc) is 3.16. The lowest BCUT2D eigenvalue weighted by atomic mass is 10.1. The molecule has 0 bridgehead atoms. The van der Waals surface area contributed by atoms with Crippen LogP contribution in [-0.4, -0.2) is 49.3 Å². The molecule has 54 heavy (non-hydrogen) atoms. The van der Waals surface area contributed by atoms with E-state index in [0.29, 0.717) is 6.42 Å². The molecule has 0 rings (SSSR count). The minimum atomic E-state index is -4.38. The second-order valence-electron chi connectivity index (χ2n) is 14.6. The zero-order valence-corrected chi connectivity index (χ0v) is 35.6. The summed E-state index contributed by atoms with van der Waals surface area (Å²) >= 11 is 0. The van der Waals surface area contributed by atoms with Crippen molar-refractivity contribution in [2.24, 2.45) is 5.73 Å². The van der Waals surface area contributed by atoms with Crippen LogP contribution in [0.2, 0.25) is 0 Å². The minimum absolute atomic E-state index is 0.0514. The number of phosphoric ester groups is 1. The van der Waals surface area contributed by atoms with Crippen molar-refractivity contribution in [2.45, 2.75) is 206 Å². The molecule has 0 radical (unpaired) electrons. The summed E-state index contributed by atoms with van der Waals surface area (Å²) in [5.74, 6) is -0.841. The lowest BCUT2D eigenvalue weighted by Gasteiger charge is -2.19. The molecule has 0 heterocycles. The van der Waals surface area contributed by atoms with Gasteiger partial charge in [0.05, 0.1) is 13.2 Å². The zero-order valence-electron chi connectivity index (χ0n) is 34.7. The Hall–Kier alpha value is -1.77. The molecule has 1 unspecified atom stereocenters. The third kappa shape index (κ3) is 39.9. The van der Waals surface area contributed by atoms with Crippen LogP contribution in [0.1, 0.15) is 200 Å². The highest BCUT2D eigenvalue weighted by atomic mass is 31.2. The predicted molar refractivity (Wildman–Crippen MR) is 224 cm³/mol. The van der Waals surface area contributed by atoms with E-state index in [-0.39, 0.29) is 38.6 Å². The molecule has 0 aromatic rings. The summed E-state index contributed by atoms with van der Waals surface area (Å²) in [5, 5.41) is 0. The molecule has 0 aromatic carbocycles. The lowest BCUT2D eigenvalue weighted by molar-refractivity contribution is -0.161. The molecular weight excluding hydrogens is 701 g/mol. The lowest BCUT2D eigenvalue weighted by Crippen LogP contribution is -2.29. The van der Waals surface area contributed by atoms with Gasteiger partial charge in [-0.2, -0.15) is 0 Å². The highest BCUT2D eigenvalue weighted by molar-refractivity contribution is 7.47. The van der Waals surface area contributed by atoms with Crippen molar-refractivity contribution in [1.29, 1.82) is 0 Å². The van der Waals surface area contributed by atoms with E-state index in [1.54, 1.807) is 0 Å². The Morgan fingerprint density at radius 1 is 0.556 bits per heavy atom. The third-order valence-electron chi connectivity index (χ3n) is 9.25. The highest BCUT2D eigenvalue weighted by Crippen LogP contribution is 2.43. The van der Waals surface area contributed by atoms with Crippen molar-refractivity contribution >= 4 is 19.8 Å². The standard InChI is InChI=1S/C44H82NO8P/c1-3-5-7-9-11-13-15-17-19-20-21-22-23-25-26-28-30-32-34-36-43(46)50-40-42(41-52-54(48,49)51-39-38-45)53-44(47)37-35-33-31-29-27-24-18-16-14-12-10-8-6-4-2/h11,13,16-19,42H,3-10,12,14-15,20-41,45H2,1-2H3,(H,48,49)/b13-11-,18-16-,19-17-/t42-/m1/s1. The second kappa shape index (κ2) is 40.9. The van der Waals surface area contributed by atoms with Crippen molar-refractivity contribution in [1.82, 2.24) is 0 Å². The van der Waals surface area contributed by atoms with E-state index in [9.17, 15) is 19.0 Å². The van der Waals surface area contributed by atoms with Crippen LogP contribution in [0.4, 0.5) is 0 Å². The van der Waals surface area contributed by atoms with E-state index in [2.05, 4.69) is 50.3 Å². The van der Waals surface area contributed by atoms with Gasteiger partial charge >= 0.3 is 19.8 Å². The molecule has 316 valence electrons. The molecule has 0 fully saturated rings. The van der Waals surface area contributed by atoms with Gasteiger partial charge in [0.2, 0.25) is 0 Å². The summed E-state index contributed by atoms with van der Waals surface area (Å²) < 4.78 is 32.8. The van der Waals surface area contributed by atoms with E-state index < -0.39 is 26.5 Å².